The second-order valence-corrected chi connectivity index (χ2v) is 9.28. The highest BCUT2D eigenvalue weighted by atomic mass is 19.1. The molecule has 0 unspecified atom stereocenters. The summed E-state index contributed by atoms with van der Waals surface area (Å²) in [6.45, 7) is 6.58. The van der Waals surface area contributed by atoms with Crippen molar-refractivity contribution in [3.05, 3.63) is 59.4 Å². The van der Waals surface area contributed by atoms with Crippen LogP contribution in [0.3, 0.4) is 0 Å². The monoisotopic (exact) mass is 439 g/mol. The molecule has 172 valence electrons. The van der Waals surface area contributed by atoms with Crippen molar-refractivity contribution in [3.8, 4) is 0 Å². The molecular weight excluding hydrogens is 405 g/mol. The quantitative estimate of drug-likeness (QED) is 0.606. The number of benzene rings is 2. The van der Waals surface area contributed by atoms with E-state index in [2.05, 4.69) is 19.2 Å². The highest BCUT2D eigenvalue weighted by molar-refractivity contribution is 5.95. The first-order chi connectivity index (χ1) is 15.2. The van der Waals surface area contributed by atoms with E-state index in [0.29, 0.717) is 12.1 Å². The van der Waals surface area contributed by atoms with Crippen LogP contribution in [-0.2, 0) is 11.3 Å². The van der Waals surface area contributed by atoms with Gasteiger partial charge >= 0.3 is 0 Å². The molecule has 32 heavy (non-hydrogen) atoms. The third-order valence-electron chi connectivity index (χ3n) is 6.45. The van der Waals surface area contributed by atoms with E-state index in [9.17, 15) is 14.0 Å². The molecule has 2 aromatic rings. The first kappa shape index (κ1) is 23.8. The van der Waals surface area contributed by atoms with E-state index in [-0.39, 0.29) is 35.5 Å². The van der Waals surface area contributed by atoms with Crippen LogP contribution in [0.15, 0.2) is 42.5 Å². The minimum atomic E-state index is -0.366. The molecule has 0 saturated heterocycles. The average molecular weight is 440 g/mol. The molecule has 1 atom stereocenters. The summed E-state index contributed by atoms with van der Waals surface area (Å²) in [6.07, 6.45) is 3.00. The second-order valence-electron chi connectivity index (χ2n) is 9.28. The molecule has 1 N–H and O–H groups in total. The van der Waals surface area contributed by atoms with E-state index < -0.39 is 0 Å². The number of nitrogens with one attached hydrogen (secondary N) is 1. The van der Waals surface area contributed by atoms with Crippen LogP contribution in [0.25, 0.3) is 0 Å². The molecule has 0 aliphatic heterocycles. The molecule has 1 saturated carbocycles. The van der Waals surface area contributed by atoms with Gasteiger partial charge in [0.15, 0.2) is 0 Å². The van der Waals surface area contributed by atoms with Crippen molar-refractivity contribution >= 4 is 23.2 Å². The van der Waals surface area contributed by atoms with Gasteiger partial charge in [-0.2, -0.15) is 0 Å². The van der Waals surface area contributed by atoms with Gasteiger partial charge in [0.2, 0.25) is 5.91 Å². The number of rotatable bonds is 8. The Kier molecular flexibility index (Phi) is 7.54. The second kappa shape index (κ2) is 10.2. The predicted octanol–water partition coefficient (Wildman–Crippen LogP) is 5.32. The van der Waals surface area contributed by atoms with Crippen molar-refractivity contribution in [3.63, 3.8) is 0 Å². The first-order valence-corrected chi connectivity index (χ1v) is 11.3. The van der Waals surface area contributed by atoms with Gasteiger partial charge in [0.05, 0.1) is 0 Å². The van der Waals surface area contributed by atoms with Crippen molar-refractivity contribution in [2.24, 2.45) is 11.8 Å². The Morgan fingerprint density at radius 3 is 2.25 bits per heavy atom. The standard InChI is InChI=1S/C26H34FN3O2/c1-17(2)18(3)30(26(32)20-9-11-22(27)12-10-20)16-21-15-23(13-14-24(21)29(4)5)28-25(31)19-7-6-8-19/h9-15,17-19H,6-8,16H2,1-5H3,(H,28,31)/t18-/m1/s1. The fourth-order valence-electron chi connectivity index (χ4n) is 3.84. The molecule has 2 aromatic carbocycles. The maximum atomic E-state index is 13.4. The maximum absolute atomic E-state index is 13.4. The van der Waals surface area contributed by atoms with Gasteiger partial charge in [-0.3, -0.25) is 9.59 Å². The van der Waals surface area contributed by atoms with Crippen LogP contribution in [0.1, 0.15) is 56.0 Å². The molecule has 0 bridgehead atoms. The summed E-state index contributed by atoms with van der Waals surface area (Å²) in [5.41, 5.74) is 3.14. The maximum Gasteiger partial charge on any atom is 0.254 e. The third kappa shape index (κ3) is 5.47. The lowest BCUT2D eigenvalue weighted by Gasteiger charge is -2.33. The largest absolute Gasteiger partial charge is 0.377 e. The fourth-order valence-corrected chi connectivity index (χ4v) is 3.84. The van der Waals surface area contributed by atoms with E-state index in [1.807, 2.05) is 49.0 Å². The Bertz CT molecular complexity index is 952. The normalized spacial score (nSPS) is 14.6. The van der Waals surface area contributed by atoms with Crippen LogP contribution >= 0.6 is 0 Å². The Morgan fingerprint density at radius 1 is 1.06 bits per heavy atom. The zero-order chi connectivity index (χ0) is 23.4. The van der Waals surface area contributed by atoms with Crippen LogP contribution in [0.4, 0.5) is 15.8 Å². The molecular formula is C26H34FN3O2. The number of hydrogen-bond acceptors (Lipinski definition) is 3. The molecule has 1 fully saturated rings. The number of hydrogen-bond donors (Lipinski definition) is 1. The number of halogens is 1. The van der Waals surface area contributed by atoms with E-state index in [4.69, 9.17) is 0 Å². The van der Waals surface area contributed by atoms with Crippen molar-refractivity contribution in [1.82, 2.24) is 4.90 Å². The SMILES string of the molecule is CC(C)[C@@H](C)N(Cc1cc(NC(=O)C2CCC2)ccc1N(C)C)C(=O)c1ccc(F)cc1. The predicted molar refractivity (Wildman–Crippen MR) is 127 cm³/mol. The van der Waals surface area contributed by atoms with Crippen molar-refractivity contribution in [2.45, 2.75) is 52.6 Å². The first-order valence-electron chi connectivity index (χ1n) is 11.3. The number of nitrogens with zero attached hydrogens (tertiary/aromatic N) is 2. The molecule has 0 radical (unpaired) electrons. The summed E-state index contributed by atoms with van der Waals surface area (Å²) in [5.74, 6) is -0.0996. The van der Waals surface area contributed by atoms with E-state index >= 15 is 0 Å². The van der Waals surface area contributed by atoms with Gasteiger partial charge in [0, 0.05) is 49.5 Å². The summed E-state index contributed by atoms with van der Waals surface area (Å²) in [5, 5.41) is 3.04. The molecule has 3 rings (SSSR count). The summed E-state index contributed by atoms with van der Waals surface area (Å²) >= 11 is 0. The molecule has 1 aliphatic rings. The minimum Gasteiger partial charge on any atom is -0.377 e. The Morgan fingerprint density at radius 2 is 1.72 bits per heavy atom. The van der Waals surface area contributed by atoms with Crippen LogP contribution in [0.5, 0.6) is 0 Å². The highest BCUT2D eigenvalue weighted by Gasteiger charge is 2.27. The summed E-state index contributed by atoms with van der Waals surface area (Å²) in [4.78, 5) is 29.7. The molecule has 0 spiro atoms. The van der Waals surface area contributed by atoms with Gasteiger partial charge < -0.3 is 15.1 Å². The fraction of sp³-hybridized carbons (Fsp3) is 0.462. The number of carbonyl (C=O) groups excluding carboxylic acids is 2. The van der Waals surface area contributed by atoms with Crippen molar-refractivity contribution in [2.75, 3.05) is 24.3 Å². The Labute approximate surface area is 190 Å². The molecule has 1 aliphatic carbocycles. The lowest BCUT2D eigenvalue weighted by atomic mass is 9.85. The third-order valence-corrected chi connectivity index (χ3v) is 6.45. The summed E-state index contributed by atoms with van der Waals surface area (Å²) < 4.78 is 13.4. The molecule has 0 heterocycles. The number of anilines is 2. The van der Waals surface area contributed by atoms with Gasteiger partial charge in [0.25, 0.3) is 5.91 Å². The van der Waals surface area contributed by atoms with Crippen molar-refractivity contribution in [1.29, 1.82) is 0 Å². The van der Waals surface area contributed by atoms with Crippen LogP contribution < -0.4 is 10.2 Å². The van der Waals surface area contributed by atoms with Crippen LogP contribution in [0.2, 0.25) is 0 Å². The lowest BCUT2D eigenvalue weighted by Crippen LogP contribution is -2.41. The average Bonchev–Trinajstić information content (AvgIpc) is 2.70. The number of amides is 2. The summed E-state index contributed by atoms with van der Waals surface area (Å²) in [6, 6.07) is 11.5. The van der Waals surface area contributed by atoms with Gasteiger partial charge in [0.1, 0.15) is 5.82 Å². The van der Waals surface area contributed by atoms with Crippen molar-refractivity contribution < 1.29 is 14.0 Å². The Hall–Kier alpha value is -2.89. The Balaban J connectivity index is 1.92. The zero-order valence-corrected chi connectivity index (χ0v) is 19.7. The highest BCUT2D eigenvalue weighted by Crippen LogP contribution is 2.30. The van der Waals surface area contributed by atoms with Crippen LogP contribution in [-0.4, -0.2) is 36.9 Å². The molecule has 0 aromatic heterocycles. The van der Waals surface area contributed by atoms with Gasteiger partial charge in [-0.15, -0.1) is 0 Å². The topological polar surface area (TPSA) is 52.7 Å². The van der Waals surface area contributed by atoms with E-state index in [1.54, 1.807) is 0 Å². The number of carbonyl (C=O) groups is 2. The zero-order valence-electron chi connectivity index (χ0n) is 19.7. The lowest BCUT2D eigenvalue weighted by molar-refractivity contribution is -0.122. The van der Waals surface area contributed by atoms with E-state index in [1.165, 1.54) is 24.3 Å². The molecule has 5 nitrogen and oxygen atoms in total. The van der Waals surface area contributed by atoms with Crippen LogP contribution in [0, 0.1) is 17.7 Å². The molecule has 2 amide bonds. The smallest absolute Gasteiger partial charge is 0.254 e. The van der Waals surface area contributed by atoms with E-state index in [0.717, 1.165) is 36.2 Å². The minimum absolute atomic E-state index is 0.0317. The molecule has 6 heteroatoms. The summed E-state index contributed by atoms with van der Waals surface area (Å²) in [7, 11) is 3.92. The van der Waals surface area contributed by atoms with Gasteiger partial charge in [-0.25, -0.2) is 4.39 Å². The van der Waals surface area contributed by atoms with Gasteiger partial charge in [-0.05, 0) is 73.7 Å². The van der Waals surface area contributed by atoms with Gasteiger partial charge in [-0.1, -0.05) is 20.3 Å².